The molecule has 0 saturated carbocycles. The summed E-state index contributed by atoms with van der Waals surface area (Å²) in [5.74, 6) is -0.0797. The first-order chi connectivity index (χ1) is 13.4. The van der Waals surface area contributed by atoms with Crippen molar-refractivity contribution in [2.45, 2.75) is 18.2 Å². The minimum Gasteiger partial charge on any atom is -0.289 e. The lowest BCUT2D eigenvalue weighted by molar-refractivity contribution is 0.103. The molecule has 1 heterocycles. The van der Waals surface area contributed by atoms with Crippen molar-refractivity contribution in [2.75, 3.05) is 10.8 Å². The Morgan fingerprint density at radius 2 is 1.68 bits per heavy atom. The van der Waals surface area contributed by atoms with Gasteiger partial charge in [0.2, 0.25) is 0 Å². The van der Waals surface area contributed by atoms with Crippen molar-refractivity contribution in [1.29, 1.82) is 0 Å². The molecule has 28 heavy (non-hydrogen) atoms. The molecular formula is C22H18BrNO3S. The maximum absolute atomic E-state index is 13.0. The van der Waals surface area contributed by atoms with Crippen LogP contribution in [0.1, 0.15) is 27.0 Å². The molecule has 0 radical (unpaired) electrons. The molecule has 142 valence electrons. The predicted octanol–water partition coefficient (Wildman–Crippen LogP) is 4.74. The average molecular weight is 456 g/mol. The first kappa shape index (κ1) is 18.9. The highest BCUT2D eigenvalue weighted by molar-refractivity contribution is 9.10. The van der Waals surface area contributed by atoms with E-state index < -0.39 is 10.0 Å². The lowest BCUT2D eigenvalue weighted by atomic mass is 10.0. The number of fused-ring (bicyclic) bond motifs is 1. The number of anilines is 1. The lowest BCUT2D eigenvalue weighted by Gasteiger charge is -2.20. The van der Waals surface area contributed by atoms with Crippen molar-refractivity contribution in [1.82, 2.24) is 0 Å². The molecule has 0 atom stereocenters. The van der Waals surface area contributed by atoms with Crippen LogP contribution >= 0.6 is 15.9 Å². The molecule has 4 rings (SSSR count). The van der Waals surface area contributed by atoms with Crippen LogP contribution in [-0.2, 0) is 16.4 Å². The molecule has 1 aliphatic rings. The van der Waals surface area contributed by atoms with Gasteiger partial charge in [-0.05, 0) is 61.4 Å². The van der Waals surface area contributed by atoms with Crippen molar-refractivity contribution in [3.63, 3.8) is 0 Å². The Bertz CT molecular complexity index is 1170. The molecule has 0 amide bonds. The van der Waals surface area contributed by atoms with Crippen LogP contribution in [0.5, 0.6) is 0 Å². The topological polar surface area (TPSA) is 54.5 Å². The van der Waals surface area contributed by atoms with Crippen LogP contribution in [0.2, 0.25) is 0 Å². The summed E-state index contributed by atoms with van der Waals surface area (Å²) < 4.78 is 28.4. The standard InChI is InChI=1S/C22H18BrNO3S/c1-15-5-8-20(9-6-15)28(26,27)24-12-11-16-13-18(7-10-21(16)24)22(25)17-3-2-4-19(23)14-17/h2-10,13-14H,11-12H2,1H3. The van der Waals surface area contributed by atoms with Crippen molar-refractivity contribution in [2.24, 2.45) is 0 Å². The highest BCUT2D eigenvalue weighted by atomic mass is 79.9. The summed E-state index contributed by atoms with van der Waals surface area (Å²) in [6, 6.07) is 19.3. The van der Waals surface area contributed by atoms with E-state index in [1.807, 2.05) is 25.1 Å². The number of carbonyl (C=O) groups is 1. The van der Waals surface area contributed by atoms with Gasteiger partial charge in [0.05, 0.1) is 10.6 Å². The second-order valence-electron chi connectivity index (χ2n) is 6.82. The number of aryl methyl sites for hydroxylation is 1. The minimum atomic E-state index is -3.62. The number of hydrogen-bond donors (Lipinski definition) is 0. The Hall–Kier alpha value is -2.44. The monoisotopic (exact) mass is 455 g/mol. The highest BCUT2D eigenvalue weighted by Gasteiger charge is 2.31. The third-order valence-corrected chi connectivity index (χ3v) is 7.21. The number of hydrogen-bond acceptors (Lipinski definition) is 3. The smallest absolute Gasteiger partial charge is 0.264 e. The Kier molecular flexibility index (Phi) is 4.85. The number of nitrogens with zero attached hydrogens (tertiary/aromatic N) is 1. The predicted molar refractivity (Wildman–Crippen MR) is 113 cm³/mol. The number of benzene rings is 3. The van der Waals surface area contributed by atoms with Crippen LogP contribution in [0.15, 0.2) is 76.1 Å². The number of rotatable bonds is 4. The van der Waals surface area contributed by atoms with E-state index in [-0.39, 0.29) is 10.7 Å². The molecule has 0 aliphatic carbocycles. The summed E-state index contributed by atoms with van der Waals surface area (Å²) in [5, 5.41) is 0. The summed E-state index contributed by atoms with van der Waals surface area (Å²) in [6.45, 7) is 2.30. The fourth-order valence-corrected chi connectivity index (χ4v) is 5.30. The molecule has 0 fully saturated rings. The third-order valence-electron chi connectivity index (χ3n) is 4.89. The highest BCUT2D eigenvalue weighted by Crippen LogP contribution is 2.34. The molecular weight excluding hydrogens is 438 g/mol. The number of halogens is 1. The van der Waals surface area contributed by atoms with Crippen LogP contribution < -0.4 is 4.31 Å². The average Bonchev–Trinajstić information content (AvgIpc) is 3.12. The van der Waals surface area contributed by atoms with E-state index in [0.717, 1.165) is 15.6 Å². The quantitative estimate of drug-likeness (QED) is 0.533. The van der Waals surface area contributed by atoms with E-state index in [1.165, 1.54) is 4.31 Å². The van der Waals surface area contributed by atoms with Gasteiger partial charge in [-0.15, -0.1) is 0 Å². The summed E-state index contributed by atoms with van der Waals surface area (Å²) in [4.78, 5) is 13.1. The molecule has 0 saturated heterocycles. The Balaban J connectivity index is 1.67. The van der Waals surface area contributed by atoms with E-state index in [4.69, 9.17) is 0 Å². The Labute approximate surface area is 173 Å². The second-order valence-corrected chi connectivity index (χ2v) is 9.60. The van der Waals surface area contributed by atoms with Gasteiger partial charge in [0.1, 0.15) is 0 Å². The third kappa shape index (κ3) is 3.38. The summed E-state index contributed by atoms with van der Waals surface area (Å²) >= 11 is 3.38. The van der Waals surface area contributed by atoms with Gasteiger partial charge >= 0.3 is 0 Å². The SMILES string of the molecule is Cc1ccc(S(=O)(=O)N2CCc3cc(C(=O)c4cccc(Br)c4)ccc32)cc1. The van der Waals surface area contributed by atoms with Crippen molar-refractivity contribution < 1.29 is 13.2 Å². The van der Waals surface area contributed by atoms with Crippen LogP contribution in [0.25, 0.3) is 0 Å². The van der Waals surface area contributed by atoms with E-state index >= 15 is 0 Å². The summed E-state index contributed by atoms with van der Waals surface area (Å²) in [5.41, 5.74) is 3.68. The molecule has 0 unspecified atom stereocenters. The largest absolute Gasteiger partial charge is 0.289 e. The van der Waals surface area contributed by atoms with Gasteiger partial charge in [-0.1, -0.05) is 45.8 Å². The van der Waals surface area contributed by atoms with Crippen LogP contribution in [0.4, 0.5) is 5.69 Å². The summed E-state index contributed by atoms with van der Waals surface area (Å²) in [7, 11) is -3.62. The maximum Gasteiger partial charge on any atom is 0.264 e. The fourth-order valence-electron chi connectivity index (χ4n) is 3.40. The van der Waals surface area contributed by atoms with Gasteiger partial charge in [-0.3, -0.25) is 9.10 Å². The normalized spacial score (nSPS) is 13.4. The van der Waals surface area contributed by atoms with E-state index in [2.05, 4.69) is 15.9 Å². The van der Waals surface area contributed by atoms with Crippen molar-refractivity contribution in [3.05, 3.63) is 93.5 Å². The first-order valence-corrected chi connectivity index (χ1v) is 11.1. The summed E-state index contributed by atoms with van der Waals surface area (Å²) in [6.07, 6.45) is 0.583. The maximum atomic E-state index is 13.0. The van der Waals surface area contributed by atoms with Gasteiger partial charge in [-0.2, -0.15) is 0 Å². The fraction of sp³-hybridized carbons (Fsp3) is 0.136. The zero-order valence-electron chi connectivity index (χ0n) is 15.2. The molecule has 0 bridgehead atoms. The zero-order chi connectivity index (χ0) is 19.9. The van der Waals surface area contributed by atoms with Crippen LogP contribution in [0, 0.1) is 6.92 Å². The molecule has 1 aliphatic heterocycles. The van der Waals surface area contributed by atoms with E-state index in [0.29, 0.717) is 29.8 Å². The molecule has 0 aromatic heterocycles. The molecule has 0 spiro atoms. The number of ketones is 1. The van der Waals surface area contributed by atoms with Crippen molar-refractivity contribution >= 4 is 37.4 Å². The van der Waals surface area contributed by atoms with Gasteiger partial charge in [0, 0.05) is 22.1 Å². The number of carbonyl (C=O) groups excluding carboxylic acids is 1. The zero-order valence-corrected chi connectivity index (χ0v) is 17.6. The van der Waals surface area contributed by atoms with Crippen molar-refractivity contribution in [3.8, 4) is 0 Å². The van der Waals surface area contributed by atoms with E-state index in [1.54, 1.807) is 48.5 Å². The Morgan fingerprint density at radius 1 is 0.964 bits per heavy atom. The minimum absolute atomic E-state index is 0.0797. The number of sulfonamides is 1. The second kappa shape index (κ2) is 7.18. The van der Waals surface area contributed by atoms with Gasteiger partial charge in [0.15, 0.2) is 5.78 Å². The lowest BCUT2D eigenvalue weighted by Crippen LogP contribution is -2.29. The van der Waals surface area contributed by atoms with E-state index in [9.17, 15) is 13.2 Å². The van der Waals surface area contributed by atoms with Crippen LogP contribution in [-0.4, -0.2) is 20.7 Å². The molecule has 6 heteroatoms. The molecule has 0 N–H and O–H groups in total. The molecule has 3 aromatic rings. The molecule has 3 aromatic carbocycles. The van der Waals surface area contributed by atoms with Gasteiger partial charge < -0.3 is 0 Å². The Morgan fingerprint density at radius 3 is 2.39 bits per heavy atom. The van der Waals surface area contributed by atoms with Gasteiger partial charge in [-0.25, -0.2) is 8.42 Å². The first-order valence-electron chi connectivity index (χ1n) is 8.89. The van der Waals surface area contributed by atoms with Crippen LogP contribution in [0.3, 0.4) is 0 Å². The van der Waals surface area contributed by atoms with Gasteiger partial charge in [0.25, 0.3) is 10.0 Å². The molecule has 4 nitrogen and oxygen atoms in total.